The van der Waals surface area contributed by atoms with E-state index in [9.17, 15) is 13.2 Å². The zero-order chi connectivity index (χ0) is 17.3. The number of hydrogen-bond acceptors (Lipinski definition) is 3. The number of carbonyl (C=O) groups is 1. The molecule has 126 valence electrons. The number of rotatable bonds is 4. The van der Waals surface area contributed by atoms with E-state index in [4.69, 9.17) is 0 Å². The third-order valence-electron chi connectivity index (χ3n) is 4.27. The molecule has 1 aliphatic heterocycles. The van der Waals surface area contributed by atoms with Gasteiger partial charge in [-0.15, -0.1) is 0 Å². The zero-order valence-corrected chi connectivity index (χ0v) is 14.5. The lowest BCUT2D eigenvalue weighted by molar-refractivity contribution is -0.118. The van der Waals surface area contributed by atoms with Crippen LogP contribution in [0.3, 0.4) is 0 Å². The topological polar surface area (TPSA) is 75.3 Å². The molecule has 1 atom stereocenters. The molecule has 0 radical (unpaired) electrons. The van der Waals surface area contributed by atoms with Crippen molar-refractivity contribution < 1.29 is 13.2 Å². The van der Waals surface area contributed by atoms with Crippen molar-refractivity contribution in [3.05, 3.63) is 64.7 Å². The van der Waals surface area contributed by atoms with Crippen molar-refractivity contribution in [2.45, 2.75) is 32.1 Å². The summed E-state index contributed by atoms with van der Waals surface area (Å²) in [7, 11) is -3.61. The van der Waals surface area contributed by atoms with Gasteiger partial charge in [0.1, 0.15) is 6.04 Å². The number of amides is 1. The number of aryl methyl sites for hydroxylation is 2. The Morgan fingerprint density at radius 2 is 1.88 bits per heavy atom. The molecule has 6 heteroatoms. The van der Waals surface area contributed by atoms with Crippen molar-refractivity contribution in [3.8, 4) is 0 Å². The van der Waals surface area contributed by atoms with Crippen molar-refractivity contribution in [1.82, 2.24) is 4.72 Å². The first kappa shape index (κ1) is 16.7. The fourth-order valence-corrected chi connectivity index (χ4v) is 4.14. The first-order valence-electron chi connectivity index (χ1n) is 7.79. The van der Waals surface area contributed by atoms with Gasteiger partial charge < -0.3 is 5.32 Å². The second-order valence-electron chi connectivity index (χ2n) is 6.20. The molecule has 1 amide bonds. The highest BCUT2D eigenvalue weighted by molar-refractivity contribution is 7.88. The molecule has 0 aromatic heterocycles. The van der Waals surface area contributed by atoms with Gasteiger partial charge in [-0.05, 0) is 48.6 Å². The number of fused-ring (bicyclic) bond motifs is 1. The minimum Gasteiger partial charge on any atom is -0.324 e. The van der Waals surface area contributed by atoms with Crippen LogP contribution in [0.4, 0.5) is 5.69 Å². The zero-order valence-electron chi connectivity index (χ0n) is 13.7. The SMILES string of the molecule is Cc1ccc(CS(=O)(=O)NC2Cc3ccccc3NC2=O)cc1C. The first-order valence-corrected chi connectivity index (χ1v) is 9.44. The number of hydrogen-bond donors (Lipinski definition) is 2. The van der Waals surface area contributed by atoms with Crippen molar-refractivity contribution in [2.24, 2.45) is 0 Å². The van der Waals surface area contributed by atoms with Crippen molar-refractivity contribution in [3.63, 3.8) is 0 Å². The largest absolute Gasteiger partial charge is 0.324 e. The molecule has 2 aromatic rings. The van der Waals surface area contributed by atoms with E-state index in [-0.39, 0.29) is 11.7 Å². The predicted octanol–water partition coefficient (Wildman–Crippen LogP) is 2.29. The minimum absolute atomic E-state index is 0.139. The number of nitrogens with one attached hydrogen (secondary N) is 2. The van der Waals surface area contributed by atoms with E-state index >= 15 is 0 Å². The Balaban J connectivity index is 1.75. The Hall–Kier alpha value is -2.18. The molecule has 1 heterocycles. The van der Waals surface area contributed by atoms with Crippen LogP contribution in [-0.2, 0) is 27.0 Å². The average molecular weight is 344 g/mol. The van der Waals surface area contributed by atoms with Gasteiger partial charge in [0.25, 0.3) is 0 Å². The normalized spacial score (nSPS) is 17.2. The minimum atomic E-state index is -3.61. The van der Waals surface area contributed by atoms with Crippen LogP contribution in [0.2, 0.25) is 0 Å². The van der Waals surface area contributed by atoms with Gasteiger partial charge in [-0.25, -0.2) is 13.1 Å². The molecule has 0 saturated heterocycles. The smallest absolute Gasteiger partial charge is 0.242 e. The summed E-state index contributed by atoms with van der Waals surface area (Å²) in [5, 5.41) is 2.75. The van der Waals surface area contributed by atoms with E-state index in [1.54, 1.807) is 6.07 Å². The Kier molecular flexibility index (Phi) is 4.43. The number of anilines is 1. The van der Waals surface area contributed by atoms with Crippen LogP contribution in [0.25, 0.3) is 0 Å². The van der Waals surface area contributed by atoms with Gasteiger partial charge in [0.05, 0.1) is 5.75 Å². The van der Waals surface area contributed by atoms with Crippen LogP contribution in [0.15, 0.2) is 42.5 Å². The van der Waals surface area contributed by atoms with Crippen LogP contribution in [0.1, 0.15) is 22.3 Å². The van der Waals surface area contributed by atoms with Gasteiger partial charge >= 0.3 is 0 Å². The number of benzene rings is 2. The highest BCUT2D eigenvalue weighted by Crippen LogP contribution is 2.22. The van der Waals surface area contributed by atoms with Crippen LogP contribution >= 0.6 is 0 Å². The maximum atomic E-state index is 12.4. The lowest BCUT2D eigenvalue weighted by Crippen LogP contribution is -2.47. The van der Waals surface area contributed by atoms with Crippen LogP contribution in [0, 0.1) is 13.8 Å². The van der Waals surface area contributed by atoms with E-state index in [1.165, 1.54) is 0 Å². The molecule has 2 aromatic carbocycles. The molecule has 5 nitrogen and oxygen atoms in total. The third kappa shape index (κ3) is 3.66. The summed E-state index contributed by atoms with van der Waals surface area (Å²) in [4.78, 5) is 12.1. The van der Waals surface area contributed by atoms with Gasteiger partial charge in [0.2, 0.25) is 15.9 Å². The molecule has 0 bridgehead atoms. The Morgan fingerprint density at radius 3 is 2.62 bits per heavy atom. The second kappa shape index (κ2) is 6.37. The van der Waals surface area contributed by atoms with Crippen molar-refractivity contribution >= 4 is 21.6 Å². The molecule has 0 saturated carbocycles. The second-order valence-corrected chi connectivity index (χ2v) is 7.95. The van der Waals surface area contributed by atoms with E-state index in [0.29, 0.717) is 12.0 Å². The maximum absolute atomic E-state index is 12.4. The predicted molar refractivity (Wildman–Crippen MR) is 94.2 cm³/mol. The standard InChI is InChI=1S/C18H20N2O3S/c1-12-7-8-14(9-13(12)2)11-24(22,23)20-17-10-15-5-3-4-6-16(15)19-18(17)21/h3-9,17,20H,10-11H2,1-2H3,(H,19,21). The molecular formula is C18H20N2O3S. The molecule has 0 spiro atoms. The van der Waals surface area contributed by atoms with E-state index in [2.05, 4.69) is 10.0 Å². The number of para-hydroxylation sites is 1. The lowest BCUT2D eigenvalue weighted by atomic mass is 10.00. The molecule has 1 unspecified atom stereocenters. The molecular weight excluding hydrogens is 324 g/mol. The number of sulfonamides is 1. The molecule has 0 fully saturated rings. The summed E-state index contributed by atoms with van der Waals surface area (Å²) in [5.41, 5.74) is 4.55. The van der Waals surface area contributed by atoms with Crippen LogP contribution in [0.5, 0.6) is 0 Å². The van der Waals surface area contributed by atoms with Crippen LogP contribution < -0.4 is 10.0 Å². The average Bonchev–Trinajstić information content (AvgIpc) is 2.51. The van der Waals surface area contributed by atoms with Crippen molar-refractivity contribution in [1.29, 1.82) is 0 Å². The van der Waals surface area contributed by atoms with Gasteiger partial charge in [-0.2, -0.15) is 0 Å². The highest BCUT2D eigenvalue weighted by Gasteiger charge is 2.29. The molecule has 3 rings (SSSR count). The summed E-state index contributed by atoms with van der Waals surface area (Å²) >= 11 is 0. The van der Waals surface area contributed by atoms with Crippen LogP contribution in [-0.4, -0.2) is 20.4 Å². The van der Waals surface area contributed by atoms with E-state index in [1.807, 2.05) is 50.2 Å². The summed E-state index contributed by atoms with van der Waals surface area (Å²) in [6, 6.07) is 12.2. The maximum Gasteiger partial charge on any atom is 0.242 e. The van der Waals surface area contributed by atoms with Gasteiger partial charge in [0.15, 0.2) is 0 Å². The summed E-state index contributed by atoms with van der Waals surface area (Å²) < 4.78 is 27.4. The fraction of sp³-hybridized carbons (Fsp3) is 0.278. The Labute approximate surface area is 142 Å². The quantitative estimate of drug-likeness (QED) is 0.893. The van der Waals surface area contributed by atoms with Gasteiger partial charge in [0, 0.05) is 5.69 Å². The van der Waals surface area contributed by atoms with Crippen molar-refractivity contribution in [2.75, 3.05) is 5.32 Å². The number of carbonyl (C=O) groups excluding carboxylic acids is 1. The van der Waals surface area contributed by atoms with Gasteiger partial charge in [-0.3, -0.25) is 4.79 Å². The highest BCUT2D eigenvalue weighted by atomic mass is 32.2. The van der Waals surface area contributed by atoms with Gasteiger partial charge in [-0.1, -0.05) is 36.4 Å². The molecule has 0 aliphatic carbocycles. The lowest BCUT2D eigenvalue weighted by Gasteiger charge is -2.25. The summed E-state index contributed by atoms with van der Waals surface area (Å²) in [6.07, 6.45) is 0.355. The first-order chi connectivity index (χ1) is 11.3. The monoisotopic (exact) mass is 344 g/mol. The molecule has 2 N–H and O–H groups in total. The Bertz CT molecular complexity index is 891. The molecule has 1 aliphatic rings. The van der Waals surface area contributed by atoms with E-state index < -0.39 is 16.1 Å². The molecule has 24 heavy (non-hydrogen) atoms. The Morgan fingerprint density at radius 1 is 1.12 bits per heavy atom. The summed E-state index contributed by atoms with van der Waals surface area (Å²) in [6.45, 7) is 3.93. The fourth-order valence-electron chi connectivity index (χ4n) is 2.82. The van der Waals surface area contributed by atoms with E-state index in [0.717, 1.165) is 22.4 Å². The third-order valence-corrected chi connectivity index (χ3v) is 5.62. The summed E-state index contributed by atoms with van der Waals surface area (Å²) in [5.74, 6) is -0.461.